The van der Waals surface area contributed by atoms with Crippen molar-refractivity contribution in [2.75, 3.05) is 14.1 Å². The Hall–Kier alpha value is -1.06. The van der Waals surface area contributed by atoms with Crippen molar-refractivity contribution in [3.05, 3.63) is 35.4 Å². The van der Waals surface area contributed by atoms with Gasteiger partial charge < -0.3 is 10.6 Å². The number of nitrogens with two attached hydrogens (primary N) is 1. The molecule has 3 nitrogen and oxygen atoms in total. The van der Waals surface area contributed by atoms with Gasteiger partial charge in [0, 0.05) is 12.1 Å². The van der Waals surface area contributed by atoms with Gasteiger partial charge in [-0.25, -0.2) is 0 Å². The van der Waals surface area contributed by atoms with E-state index in [4.69, 9.17) is 11.1 Å². The number of nitrogen functional groups attached to an aromatic ring is 1. The molecular formula is C10H16ClN3. The molecule has 0 saturated heterocycles. The molecule has 0 aromatic heterocycles. The van der Waals surface area contributed by atoms with Crippen LogP contribution < -0.4 is 5.73 Å². The van der Waals surface area contributed by atoms with E-state index in [1.54, 1.807) is 0 Å². The Kier molecular flexibility index (Phi) is 5.20. The number of benzene rings is 1. The van der Waals surface area contributed by atoms with Gasteiger partial charge in [0.05, 0.1) is 0 Å². The summed E-state index contributed by atoms with van der Waals surface area (Å²) < 4.78 is 0. The number of nitrogens with zero attached hydrogens (tertiary/aromatic N) is 1. The van der Waals surface area contributed by atoms with Crippen molar-refractivity contribution in [3.63, 3.8) is 0 Å². The van der Waals surface area contributed by atoms with Gasteiger partial charge in [-0.2, -0.15) is 0 Å². The van der Waals surface area contributed by atoms with E-state index in [1.165, 1.54) is 0 Å². The van der Waals surface area contributed by atoms with Crippen molar-refractivity contribution in [2.24, 2.45) is 5.73 Å². The molecule has 1 rings (SSSR count). The van der Waals surface area contributed by atoms with Crippen molar-refractivity contribution < 1.29 is 0 Å². The molecule has 1 aromatic carbocycles. The van der Waals surface area contributed by atoms with Crippen molar-refractivity contribution in [2.45, 2.75) is 6.54 Å². The average Bonchev–Trinajstić information content (AvgIpc) is 2.03. The van der Waals surface area contributed by atoms with E-state index in [9.17, 15) is 0 Å². The lowest BCUT2D eigenvalue weighted by Gasteiger charge is -2.12. The van der Waals surface area contributed by atoms with Gasteiger partial charge in [0.25, 0.3) is 0 Å². The quantitative estimate of drug-likeness (QED) is 0.590. The molecule has 1 aromatic rings. The van der Waals surface area contributed by atoms with Crippen LogP contribution in [0.25, 0.3) is 0 Å². The maximum absolute atomic E-state index is 7.38. The van der Waals surface area contributed by atoms with Crippen LogP contribution in [0, 0.1) is 5.41 Å². The number of halogens is 1. The molecule has 3 N–H and O–H groups in total. The summed E-state index contributed by atoms with van der Waals surface area (Å²) in [5.41, 5.74) is 7.38. The minimum atomic E-state index is 0. The van der Waals surface area contributed by atoms with Gasteiger partial charge in [-0.05, 0) is 19.7 Å². The molecule has 0 saturated carbocycles. The summed E-state index contributed by atoms with van der Waals surface area (Å²) in [7, 11) is 3.99. The highest BCUT2D eigenvalue weighted by Gasteiger charge is 2.04. The maximum Gasteiger partial charge on any atom is 0.123 e. The second-order valence-corrected chi connectivity index (χ2v) is 3.31. The Morgan fingerprint density at radius 3 is 2.43 bits per heavy atom. The third-order valence-corrected chi connectivity index (χ3v) is 1.79. The standard InChI is InChI=1S/C10H15N3.ClH/c1-13(2)7-8-5-3-4-6-9(8)10(11)12;/h3-6H,7H2,1-2H3,(H3,11,12);1H. The number of nitrogens with one attached hydrogen (secondary N) is 1. The first-order chi connectivity index (χ1) is 6.11. The summed E-state index contributed by atoms with van der Waals surface area (Å²) in [6.45, 7) is 0.815. The van der Waals surface area contributed by atoms with Crippen molar-refractivity contribution >= 4 is 18.2 Å². The fourth-order valence-electron chi connectivity index (χ4n) is 1.26. The van der Waals surface area contributed by atoms with Gasteiger partial charge in [-0.1, -0.05) is 24.3 Å². The third-order valence-electron chi connectivity index (χ3n) is 1.79. The normalized spacial score (nSPS) is 9.64. The third kappa shape index (κ3) is 3.36. The van der Waals surface area contributed by atoms with Crippen molar-refractivity contribution in [1.82, 2.24) is 4.90 Å². The first-order valence-corrected chi connectivity index (χ1v) is 4.18. The molecule has 0 atom stereocenters. The first-order valence-electron chi connectivity index (χ1n) is 4.18. The van der Waals surface area contributed by atoms with Crippen molar-refractivity contribution in [3.8, 4) is 0 Å². The fourth-order valence-corrected chi connectivity index (χ4v) is 1.26. The highest BCUT2D eigenvalue weighted by atomic mass is 35.5. The minimum Gasteiger partial charge on any atom is -0.384 e. The van der Waals surface area contributed by atoms with Crippen LogP contribution in [0.3, 0.4) is 0 Å². The van der Waals surface area contributed by atoms with E-state index in [0.29, 0.717) is 0 Å². The van der Waals surface area contributed by atoms with Gasteiger partial charge in [0.15, 0.2) is 0 Å². The molecule has 0 unspecified atom stereocenters. The van der Waals surface area contributed by atoms with Gasteiger partial charge in [0.1, 0.15) is 5.84 Å². The van der Waals surface area contributed by atoms with E-state index < -0.39 is 0 Å². The van der Waals surface area contributed by atoms with Gasteiger partial charge in [-0.3, -0.25) is 5.41 Å². The fraction of sp³-hybridized carbons (Fsp3) is 0.300. The predicted octanol–water partition coefficient (Wildman–Crippen LogP) is 1.45. The summed E-state index contributed by atoms with van der Waals surface area (Å²) in [5, 5.41) is 7.38. The summed E-state index contributed by atoms with van der Waals surface area (Å²) in [5.74, 6) is 0.137. The minimum absolute atomic E-state index is 0. The van der Waals surface area contributed by atoms with E-state index in [1.807, 2.05) is 38.4 Å². The highest BCUT2D eigenvalue weighted by Crippen LogP contribution is 2.09. The van der Waals surface area contributed by atoms with Gasteiger partial charge in [0.2, 0.25) is 0 Å². The Balaban J connectivity index is 0.00000169. The lowest BCUT2D eigenvalue weighted by molar-refractivity contribution is 0.402. The summed E-state index contributed by atoms with van der Waals surface area (Å²) >= 11 is 0. The number of hydrogen-bond acceptors (Lipinski definition) is 2. The summed E-state index contributed by atoms with van der Waals surface area (Å²) in [6, 6.07) is 7.74. The van der Waals surface area contributed by atoms with Gasteiger partial charge >= 0.3 is 0 Å². The molecule has 0 aliphatic rings. The van der Waals surface area contributed by atoms with Gasteiger partial charge in [-0.15, -0.1) is 12.4 Å². The topological polar surface area (TPSA) is 53.1 Å². The Bertz CT molecular complexity index is 310. The first kappa shape index (κ1) is 12.9. The predicted molar refractivity (Wildman–Crippen MR) is 62.1 cm³/mol. The highest BCUT2D eigenvalue weighted by molar-refractivity contribution is 5.96. The molecule has 0 spiro atoms. The lowest BCUT2D eigenvalue weighted by atomic mass is 10.1. The second-order valence-electron chi connectivity index (χ2n) is 3.31. The van der Waals surface area contributed by atoms with Crippen LogP contribution in [0.5, 0.6) is 0 Å². The van der Waals surface area contributed by atoms with Crippen LogP contribution in [0.4, 0.5) is 0 Å². The maximum atomic E-state index is 7.38. The van der Waals surface area contributed by atoms with Crippen LogP contribution in [0.1, 0.15) is 11.1 Å². The molecule has 0 bridgehead atoms. The zero-order valence-corrected chi connectivity index (χ0v) is 9.27. The molecule has 0 amide bonds. The van der Waals surface area contributed by atoms with E-state index in [-0.39, 0.29) is 18.2 Å². The lowest BCUT2D eigenvalue weighted by Crippen LogP contribution is -2.18. The van der Waals surface area contributed by atoms with Crippen molar-refractivity contribution in [1.29, 1.82) is 5.41 Å². The Morgan fingerprint density at radius 1 is 1.36 bits per heavy atom. The smallest absolute Gasteiger partial charge is 0.123 e. The van der Waals surface area contributed by atoms with Crippen LogP contribution in [0.2, 0.25) is 0 Å². The molecule has 0 aliphatic heterocycles. The summed E-state index contributed by atoms with van der Waals surface area (Å²) in [6.07, 6.45) is 0. The molecule has 78 valence electrons. The molecule has 0 aliphatic carbocycles. The monoisotopic (exact) mass is 213 g/mol. The molecule has 14 heavy (non-hydrogen) atoms. The number of amidine groups is 1. The molecular weight excluding hydrogens is 198 g/mol. The SMILES string of the molecule is CN(C)Cc1ccccc1C(=N)N.Cl. The Labute approximate surface area is 90.8 Å². The number of hydrogen-bond donors (Lipinski definition) is 2. The molecule has 0 radical (unpaired) electrons. The molecule has 0 heterocycles. The van der Waals surface area contributed by atoms with E-state index in [2.05, 4.69) is 4.90 Å². The number of rotatable bonds is 3. The van der Waals surface area contributed by atoms with Crippen LogP contribution in [-0.2, 0) is 6.54 Å². The zero-order valence-electron chi connectivity index (χ0n) is 8.45. The van der Waals surface area contributed by atoms with Crippen LogP contribution in [0.15, 0.2) is 24.3 Å². The largest absolute Gasteiger partial charge is 0.384 e. The van der Waals surface area contributed by atoms with Crippen LogP contribution >= 0.6 is 12.4 Å². The second kappa shape index (κ2) is 5.62. The van der Waals surface area contributed by atoms with E-state index in [0.717, 1.165) is 17.7 Å². The summed E-state index contributed by atoms with van der Waals surface area (Å²) in [4.78, 5) is 2.06. The molecule has 4 heteroatoms. The Morgan fingerprint density at radius 2 is 1.93 bits per heavy atom. The molecule has 0 fully saturated rings. The van der Waals surface area contributed by atoms with Crippen LogP contribution in [-0.4, -0.2) is 24.8 Å². The average molecular weight is 214 g/mol. The zero-order chi connectivity index (χ0) is 9.84. The van der Waals surface area contributed by atoms with E-state index >= 15 is 0 Å².